The lowest BCUT2D eigenvalue weighted by molar-refractivity contribution is -0.221. The second-order valence-electron chi connectivity index (χ2n) is 21.8. The van der Waals surface area contributed by atoms with Gasteiger partial charge in [-0.15, -0.1) is 0 Å². The van der Waals surface area contributed by atoms with Gasteiger partial charge in [-0.25, -0.2) is 8.42 Å². The first-order valence-electron chi connectivity index (χ1n) is 23.5. The van der Waals surface area contributed by atoms with Gasteiger partial charge in [-0.1, -0.05) is 65.0 Å². The van der Waals surface area contributed by atoms with E-state index in [1.54, 1.807) is 12.1 Å². The lowest BCUT2D eigenvalue weighted by Crippen LogP contribution is -2.68. The number of nitrogens with zero attached hydrogens (tertiary/aromatic N) is 2. The van der Waals surface area contributed by atoms with E-state index in [0.717, 1.165) is 25.9 Å². The van der Waals surface area contributed by atoms with Crippen LogP contribution in [-0.4, -0.2) is 80.7 Å². The van der Waals surface area contributed by atoms with Crippen molar-refractivity contribution in [3.8, 4) is 5.88 Å². The Labute approximate surface area is 360 Å². The van der Waals surface area contributed by atoms with Crippen LogP contribution in [0.3, 0.4) is 0 Å². The van der Waals surface area contributed by atoms with Crippen molar-refractivity contribution >= 4 is 15.8 Å². The van der Waals surface area contributed by atoms with E-state index in [1.807, 2.05) is 6.92 Å². The van der Waals surface area contributed by atoms with Gasteiger partial charge < -0.3 is 19.7 Å². The third kappa shape index (κ3) is 7.26. The number of hydrogen-bond acceptors (Lipinski definition) is 8. The fourth-order valence-electron chi connectivity index (χ4n) is 15.5. The molecule has 8 nitrogen and oxygen atoms in total. The maximum Gasteiger partial charge on any atom is 0.315 e. The predicted octanol–water partition coefficient (Wildman–Crippen LogP) is 9.53. The lowest BCUT2D eigenvalue weighted by atomic mass is 9.33. The number of fused-ring (bicyclic) bond motifs is 7. The molecule has 10 heteroatoms. The van der Waals surface area contributed by atoms with Crippen molar-refractivity contribution in [3.05, 3.63) is 59.6 Å². The van der Waals surface area contributed by atoms with Crippen LogP contribution in [0.5, 0.6) is 5.88 Å². The molecule has 1 aromatic rings. The molecule has 8 rings (SSSR count). The Morgan fingerprint density at radius 1 is 0.950 bits per heavy atom. The van der Waals surface area contributed by atoms with Crippen molar-refractivity contribution < 1.29 is 27.1 Å². The van der Waals surface area contributed by atoms with Gasteiger partial charge in [-0.2, -0.15) is 9.37 Å². The fourth-order valence-corrected chi connectivity index (χ4v) is 16.8. The SMILES string of the molecule is C=C(C)[C@@H]1CC[C@]2(NCCN3CCS(=O)(=O)CC3)CC[C@]3(C)[C@H](CC[C@@H]4[C@@]5(C)CC=C(C6=CC[C@@](COc7cccc(F)n7)(C(=O)OCC)CC6)C(C)(C)[C@@H]5CC[C@]43C)[C@@H]12. The van der Waals surface area contributed by atoms with Gasteiger partial charge in [0, 0.05) is 37.8 Å². The number of esters is 1. The predicted molar refractivity (Wildman–Crippen MR) is 237 cm³/mol. The molecule has 60 heavy (non-hydrogen) atoms. The highest BCUT2D eigenvalue weighted by molar-refractivity contribution is 7.91. The molecule has 1 N–H and O–H groups in total. The van der Waals surface area contributed by atoms with E-state index in [-0.39, 0.29) is 57.2 Å². The van der Waals surface area contributed by atoms with E-state index >= 15 is 0 Å². The van der Waals surface area contributed by atoms with Crippen molar-refractivity contribution in [2.75, 3.05) is 50.9 Å². The van der Waals surface area contributed by atoms with E-state index in [2.05, 4.69) is 75.5 Å². The Bertz CT molecular complexity index is 2000. The van der Waals surface area contributed by atoms with Gasteiger partial charge in [-0.3, -0.25) is 4.79 Å². The van der Waals surface area contributed by atoms with Crippen LogP contribution in [-0.2, 0) is 19.4 Å². The summed E-state index contributed by atoms with van der Waals surface area (Å²) in [6.45, 7) is 25.4. The molecule has 0 bridgehead atoms. The standard InChI is InChI=1S/C50H74FN3O5S/c1-9-58-44(55)49(33-59-42-12-10-11-41(51)53-42)22-15-35(16-23-49)37-18-20-46(6)39(45(37,4)5)19-21-48(8)40(46)14-13-38-43-36(34(2)3)17-24-50(43,26-25-47(38,48)7)52-27-28-54-29-31-60(56,57)32-30-54/h10-12,15,18,36,38-40,43,52H,2,9,13-14,16-17,19-33H2,1,3-8H3/t36-,38+,39-,40+,43+,46-,47+,48+,49+,50-/m0/s1. The van der Waals surface area contributed by atoms with E-state index in [1.165, 1.54) is 74.2 Å². The number of pyridine rings is 1. The van der Waals surface area contributed by atoms with Gasteiger partial charge in [0.1, 0.15) is 12.0 Å². The summed E-state index contributed by atoms with van der Waals surface area (Å²) in [5.41, 5.74) is 4.16. The van der Waals surface area contributed by atoms with Gasteiger partial charge in [-0.05, 0) is 159 Å². The average molecular weight is 848 g/mol. The Hall–Kier alpha value is -2.56. The summed E-state index contributed by atoms with van der Waals surface area (Å²) in [4.78, 5) is 19.7. The average Bonchev–Trinajstić information content (AvgIpc) is 3.58. The molecule has 1 aromatic heterocycles. The van der Waals surface area contributed by atoms with E-state index < -0.39 is 21.2 Å². The summed E-state index contributed by atoms with van der Waals surface area (Å²) in [5, 5.41) is 4.22. The number of sulfone groups is 1. The number of rotatable bonds is 11. The Kier molecular flexibility index (Phi) is 11.7. The summed E-state index contributed by atoms with van der Waals surface area (Å²) in [7, 11) is -2.88. The normalized spacial score (nSPS) is 40.8. The second kappa shape index (κ2) is 15.9. The van der Waals surface area contributed by atoms with Gasteiger partial charge in [0.25, 0.3) is 0 Å². The van der Waals surface area contributed by atoms with Crippen LogP contribution in [0.25, 0.3) is 0 Å². The molecule has 0 unspecified atom stereocenters. The minimum Gasteiger partial charge on any atom is -0.476 e. The van der Waals surface area contributed by atoms with Crippen LogP contribution in [0.15, 0.2) is 53.6 Å². The molecule has 332 valence electrons. The number of carbonyl (C=O) groups is 1. The van der Waals surface area contributed by atoms with Gasteiger partial charge >= 0.3 is 5.97 Å². The molecular weight excluding hydrogens is 774 g/mol. The maximum atomic E-state index is 13.9. The summed E-state index contributed by atoms with van der Waals surface area (Å²) in [6, 6.07) is 4.49. The molecule has 7 aliphatic rings. The van der Waals surface area contributed by atoms with Crippen LogP contribution >= 0.6 is 0 Å². The van der Waals surface area contributed by atoms with Gasteiger partial charge in [0.2, 0.25) is 11.8 Å². The van der Waals surface area contributed by atoms with E-state index in [4.69, 9.17) is 9.47 Å². The molecule has 10 atom stereocenters. The number of hydrogen-bond donors (Lipinski definition) is 1. The fraction of sp³-hybridized carbons (Fsp3) is 0.760. The Balaban J connectivity index is 1.01. The highest BCUT2D eigenvalue weighted by Crippen LogP contribution is 2.76. The molecule has 0 aromatic carbocycles. The zero-order valence-corrected chi connectivity index (χ0v) is 38.7. The van der Waals surface area contributed by atoms with Gasteiger partial charge in [0.05, 0.1) is 18.1 Å². The molecule has 0 spiro atoms. The molecule has 1 saturated heterocycles. The number of carbonyl (C=O) groups excluding carboxylic acids is 1. The maximum absolute atomic E-state index is 13.9. The van der Waals surface area contributed by atoms with Crippen molar-refractivity contribution in [2.24, 2.45) is 56.7 Å². The molecule has 1 aliphatic heterocycles. The molecule has 2 heterocycles. The van der Waals surface area contributed by atoms with Crippen molar-refractivity contribution in [3.63, 3.8) is 0 Å². The van der Waals surface area contributed by atoms with Gasteiger partial charge in [0.15, 0.2) is 9.84 Å². The number of nitrogens with one attached hydrogen (secondary N) is 1. The molecular formula is C50H74FN3O5S. The number of aromatic nitrogens is 1. The van der Waals surface area contributed by atoms with Crippen LogP contribution in [0.2, 0.25) is 0 Å². The first-order valence-corrected chi connectivity index (χ1v) is 25.3. The van der Waals surface area contributed by atoms with E-state index in [9.17, 15) is 17.6 Å². The smallest absolute Gasteiger partial charge is 0.315 e. The minimum absolute atomic E-state index is 0.00941. The topological polar surface area (TPSA) is 97.8 Å². The molecule has 0 amide bonds. The Morgan fingerprint density at radius 3 is 2.40 bits per heavy atom. The van der Waals surface area contributed by atoms with Crippen LogP contribution in [0.4, 0.5) is 4.39 Å². The Morgan fingerprint density at radius 2 is 1.72 bits per heavy atom. The quantitative estimate of drug-likeness (QED) is 0.134. The van der Waals surface area contributed by atoms with Crippen molar-refractivity contribution in [1.29, 1.82) is 0 Å². The molecule has 5 fully saturated rings. The number of ether oxygens (including phenoxy) is 2. The molecule has 4 saturated carbocycles. The summed E-state index contributed by atoms with van der Waals surface area (Å²) >= 11 is 0. The van der Waals surface area contributed by atoms with Crippen molar-refractivity contribution in [1.82, 2.24) is 15.2 Å². The minimum atomic E-state index is -2.88. The largest absolute Gasteiger partial charge is 0.476 e. The summed E-state index contributed by atoms with van der Waals surface area (Å²) in [6.07, 6.45) is 17.9. The highest BCUT2D eigenvalue weighted by atomic mass is 32.2. The number of allylic oxidation sites excluding steroid dienone is 5. The first-order chi connectivity index (χ1) is 28.3. The van der Waals surface area contributed by atoms with Crippen LogP contribution < -0.4 is 10.1 Å². The third-order valence-electron chi connectivity index (χ3n) is 18.8. The first kappa shape index (κ1) is 44.1. The zero-order valence-electron chi connectivity index (χ0n) is 37.8. The summed E-state index contributed by atoms with van der Waals surface area (Å²) < 4.78 is 49.7. The lowest BCUT2D eigenvalue weighted by Gasteiger charge is -2.72. The van der Waals surface area contributed by atoms with E-state index in [0.29, 0.717) is 62.1 Å². The van der Waals surface area contributed by atoms with Crippen molar-refractivity contribution in [2.45, 2.75) is 131 Å². The third-order valence-corrected chi connectivity index (χ3v) is 20.4. The molecule has 0 radical (unpaired) electrons. The van der Waals surface area contributed by atoms with Crippen LogP contribution in [0, 0.1) is 62.6 Å². The second-order valence-corrected chi connectivity index (χ2v) is 24.1. The highest BCUT2D eigenvalue weighted by Gasteiger charge is 2.70. The zero-order chi connectivity index (χ0) is 42.9. The summed E-state index contributed by atoms with van der Waals surface area (Å²) in [5.74, 6) is 2.90. The monoisotopic (exact) mass is 848 g/mol. The van der Waals surface area contributed by atoms with Crippen LogP contribution in [0.1, 0.15) is 126 Å². The molecule has 6 aliphatic carbocycles. The number of halogens is 1.